The molecule has 2 aliphatic rings. The number of carbonyl (C=O) groups excluding carboxylic acids is 2. The second kappa shape index (κ2) is 31.9. The minimum absolute atomic E-state index is 0.0409. The van der Waals surface area contributed by atoms with Gasteiger partial charge < -0.3 is 65.4 Å². The van der Waals surface area contributed by atoms with Crippen LogP contribution in [-0.2, 0) is 65.1 Å². The van der Waals surface area contributed by atoms with Gasteiger partial charge in [-0.25, -0.2) is 16.8 Å². The quantitative estimate of drug-likeness (QED) is 0.0213. The SMILES string of the molecule is COc1ccc(CC2C[N+](C)(CCC(=O)OCCCCCOC(=O)CC[N+]3(C)CCc4cc(OC)c(OC)cc4C3Cc3ccc(OC)c(OC)c3)Cc3cc(OC)c(OC)cc32)cc1OC.O=S(=O)([O-])c1ccccc1.O=S(=O)([O-])c1ccccc1. The zero-order chi connectivity index (χ0) is 63.4. The van der Waals surface area contributed by atoms with E-state index >= 15 is 0 Å². The first-order valence-corrected chi connectivity index (χ1v) is 31.3. The first kappa shape index (κ1) is 68.5. The lowest BCUT2D eigenvalue weighted by Crippen LogP contribution is -2.53. The minimum Gasteiger partial charge on any atom is -0.744 e. The van der Waals surface area contributed by atoms with Gasteiger partial charge in [0.15, 0.2) is 46.0 Å². The molecule has 0 N–H and O–H groups in total. The predicted molar refractivity (Wildman–Crippen MR) is 324 cm³/mol. The highest BCUT2D eigenvalue weighted by molar-refractivity contribution is 7.86. The van der Waals surface area contributed by atoms with Crippen molar-refractivity contribution in [3.63, 3.8) is 0 Å². The molecular formula is C65H82N2O18S2. The fourth-order valence-corrected chi connectivity index (χ4v) is 12.1. The summed E-state index contributed by atoms with van der Waals surface area (Å²) in [5, 5.41) is 0. The van der Waals surface area contributed by atoms with Gasteiger partial charge in [-0.2, -0.15) is 0 Å². The van der Waals surface area contributed by atoms with Crippen LogP contribution in [0.25, 0.3) is 0 Å². The van der Waals surface area contributed by atoms with E-state index < -0.39 is 20.2 Å². The monoisotopic (exact) mass is 1240 g/mol. The van der Waals surface area contributed by atoms with Crippen LogP contribution in [0.5, 0.6) is 46.0 Å². The number of nitrogens with zero attached hydrogens (tertiary/aromatic N) is 2. The second-order valence-corrected chi connectivity index (χ2v) is 24.5. The molecule has 4 unspecified atom stereocenters. The molecule has 472 valence electrons. The van der Waals surface area contributed by atoms with Crippen LogP contribution in [0.1, 0.15) is 77.4 Å². The highest BCUT2D eigenvalue weighted by Crippen LogP contribution is 2.44. The number of methoxy groups -OCH3 is 8. The summed E-state index contributed by atoms with van der Waals surface area (Å²) in [4.78, 5) is 25.9. The fourth-order valence-electron chi connectivity index (χ4n) is 11.1. The second-order valence-electron chi connectivity index (χ2n) is 21.7. The Bertz CT molecular complexity index is 3390. The van der Waals surface area contributed by atoms with Gasteiger partial charge in [0.1, 0.15) is 32.8 Å². The number of ether oxygens (including phenoxy) is 10. The Morgan fingerprint density at radius 3 is 1.34 bits per heavy atom. The highest BCUT2D eigenvalue weighted by Gasteiger charge is 2.41. The van der Waals surface area contributed by atoms with E-state index in [9.17, 15) is 35.5 Å². The van der Waals surface area contributed by atoms with Gasteiger partial charge in [-0.05, 0) is 121 Å². The van der Waals surface area contributed by atoms with Crippen LogP contribution < -0.4 is 37.9 Å². The van der Waals surface area contributed by atoms with Crippen LogP contribution in [0.4, 0.5) is 0 Å². The fraction of sp³-hybridized carbons (Fsp3) is 0.415. The van der Waals surface area contributed by atoms with E-state index in [1.165, 1.54) is 70.8 Å². The van der Waals surface area contributed by atoms with Crippen LogP contribution in [0.2, 0.25) is 0 Å². The molecular weight excluding hydrogens is 1160 g/mol. The predicted octanol–water partition coefficient (Wildman–Crippen LogP) is 9.25. The summed E-state index contributed by atoms with van der Waals surface area (Å²) in [5.41, 5.74) is 7.03. The van der Waals surface area contributed by atoms with Gasteiger partial charge >= 0.3 is 11.9 Å². The largest absolute Gasteiger partial charge is 0.744 e. The third kappa shape index (κ3) is 19.2. The Hall–Kier alpha value is -7.60. The molecule has 0 amide bonds. The molecule has 0 spiro atoms. The van der Waals surface area contributed by atoms with Crippen molar-refractivity contribution >= 4 is 32.2 Å². The highest BCUT2D eigenvalue weighted by atomic mass is 32.2. The van der Waals surface area contributed by atoms with Gasteiger partial charge in [-0.1, -0.05) is 48.5 Å². The van der Waals surface area contributed by atoms with E-state index in [1.54, 1.807) is 69.0 Å². The lowest BCUT2D eigenvalue weighted by molar-refractivity contribution is -0.940. The normalized spacial score (nSPS) is 17.7. The summed E-state index contributed by atoms with van der Waals surface area (Å²) >= 11 is 0. The van der Waals surface area contributed by atoms with Crippen LogP contribution in [0.15, 0.2) is 131 Å². The summed E-state index contributed by atoms with van der Waals surface area (Å²) in [6, 6.07) is 34.9. The molecule has 6 aromatic rings. The lowest BCUT2D eigenvalue weighted by Gasteiger charge is -2.46. The molecule has 0 saturated carbocycles. The first-order chi connectivity index (χ1) is 41.5. The molecule has 87 heavy (non-hydrogen) atoms. The molecule has 0 fully saturated rings. The van der Waals surface area contributed by atoms with E-state index in [1.807, 2.05) is 24.3 Å². The Morgan fingerprint density at radius 1 is 0.483 bits per heavy atom. The van der Waals surface area contributed by atoms with Gasteiger partial charge in [-0.3, -0.25) is 9.59 Å². The maximum Gasteiger partial charge on any atom is 0.311 e. The summed E-state index contributed by atoms with van der Waals surface area (Å²) in [5.74, 6) is 5.25. The molecule has 8 rings (SSSR count). The van der Waals surface area contributed by atoms with Crippen molar-refractivity contribution in [1.82, 2.24) is 0 Å². The maximum atomic E-state index is 13.2. The third-order valence-electron chi connectivity index (χ3n) is 15.8. The van der Waals surface area contributed by atoms with E-state index in [0.717, 1.165) is 56.4 Å². The molecule has 0 bridgehead atoms. The number of likely N-dealkylation sites (N-methyl/N-ethyl adjacent to an activating group) is 2. The van der Waals surface area contributed by atoms with Gasteiger partial charge in [0.2, 0.25) is 0 Å². The average molecular weight is 1240 g/mol. The molecule has 0 aromatic heterocycles. The van der Waals surface area contributed by atoms with Gasteiger partial charge in [-0.15, -0.1) is 0 Å². The number of rotatable bonds is 26. The summed E-state index contributed by atoms with van der Waals surface area (Å²) in [6.07, 6.45) is 5.10. The van der Waals surface area contributed by atoms with Crippen LogP contribution in [0.3, 0.4) is 0 Å². The van der Waals surface area contributed by atoms with Crippen LogP contribution >= 0.6 is 0 Å². The number of hydrogen-bond acceptors (Lipinski definition) is 18. The van der Waals surface area contributed by atoms with Crippen molar-refractivity contribution in [3.8, 4) is 46.0 Å². The number of carbonyl (C=O) groups is 2. The molecule has 2 aliphatic heterocycles. The number of esters is 2. The molecule has 2 heterocycles. The van der Waals surface area contributed by atoms with Gasteiger partial charge in [0.05, 0.1) is 133 Å². The third-order valence-corrected chi connectivity index (χ3v) is 17.5. The first-order valence-electron chi connectivity index (χ1n) is 28.5. The summed E-state index contributed by atoms with van der Waals surface area (Å²) in [6.45, 7) is 4.34. The smallest absolute Gasteiger partial charge is 0.311 e. The van der Waals surface area contributed by atoms with E-state index in [-0.39, 0.29) is 33.7 Å². The number of fused-ring (bicyclic) bond motifs is 2. The van der Waals surface area contributed by atoms with Crippen molar-refractivity contribution in [2.75, 3.05) is 110 Å². The average Bonchev–Trinajstić information content (AvgIpc) is 0.982. The van der Waals surface area contributed by atoms with Crippen molar-refractivity contribution in [2.24, 2.45) is 0 Å². The Balaban J connectivity index is 0.000000507. The molecule has 0 radical (unpaired) electrons. The minimum atomic E-state index is -4.25. The lowest BCUT2D eigenvalue weighted by atomic mass is 9.83. The standard InChI is InChI=1S/C53H72N2O12.2C6H6O3S/c1-54(34-39(26-36-14-16-44(58-3)46(28-36)60-5)41-32-50(64-9)49(63-8)31-40(41)35-54)21-19-52(56)66-24-12-11-13-25-67-53(57)20-23-55(2)22-18-38-30-48(62-7)51(65-10)33-42(38)43(55)27-37-15-17-45(59-4)47(29-37)61-6;2*7-10(8,9)6-4-2-1-3-5-6/h14-17,28-33,39,43H,11-13,18-27,34-35H2,1-10H3;2*1-5H,(H,7,8,9)/q+2;;/p-2. The number of hydrogen-bond donors (Lipinski definition) is 0. The Morgan fingerprint density at radius 2 is 0.897 bits per heavy atom. The molecule has 0 aliphatic carbocycles. The molecule has 0 saturated heterocycles. The Kier molecular flexibility index (Phi) is 25.1. The molecule has 22 heteroatoms. The van der Waals surface area contributed by atoms with Crippen LogP contribution in [-0.4, -0.2) is 157 Å². The van der Waals surface area contributed by atoms with Crippen molar-refractivity contribution < 1.29 is 91.9 Å². The van der Waals surface area contributed by atoms with Crippen molar-refractivity contribution in [1.29, 1.82) is 0 Å². The van der Waals surface area contributed by atoms with E-state index in [0.29, 0.717) is 107 Å². The van der Waals surface area contributed by atoms with Gasteiger partial charge in [0, 0.05) is 29.9 Å². The van der Waals surface area contributed by atoms with Crippen LogP contribution in [0, 0.1) is 0 Å². The number of benzene rings is 6. The maximum absolute atomic E-state index is 13.2. The summed E-state index contributed by atoms with van der Waals surface area (Å²) in [7, 11) is 9.10. The van der Waals surface area contributed by atoms with E-state index in [4.69, 9.17) is 47.4 Å². The van der Waals surface area contributed by atoms with Crippen molar-refractivity contribution in [3.05, 3.63) is 155 Å². The molecule has 6 aromatic carbocycles. The topological polar surface area (TPSA) is 241 Å². The van der Waals surface area contributed by atoms with Gasteiger partial charge in [0.25, 0.3) is 0 Å². The number of quaternary nitrogens is 2. The van der Waals surface area contributed by atoms with Crippen molar-refractivity contribution in [2.45, 2.75) is 79.7 Å². The molecule has 4 atom stereocenters. The number of unbranched alkanes of at least 4 members (excludes halogenated alkanes) is 2. The Labute approximate surface area is 512 Å². The molecule has 20 nitrogen and oxygen atoms in total. The van der Waals surface area contributed by atoms with E-state index in [2.05, 4.69) is 50.5 Å². The zero-order valence-corrected chi connectivity index (χ0v) is 53.0. The summed E-state index contributed by atoms with van der Waals surface area (Å²) < 4.78 is 119. The zero-order valence-electron chi connectivity index (χ0n) is 51.4.